The van der Waals surface area contributed by atoms with Crippen molar-refractivity contribution in [1.29, 1.82) is 0 Å². The second-order valence-electron chi connectivity index (χ2n) is 22.4. The molecule has 3 aliphatic rings. The van der Waals surface area contributed by atoms with Gasteiger partial charge < -0.3 is 9.32 Å². The molecule has 0 saturated heterocycles. The number of hydrogen-bond donors (Lipinski definition) is 0. The van der Waals surface area contributed by atoms with Crippen LogP contribution in [0.3, 0.4) is 0 Å². The van der Waals surface area contributed by atoms with Crippen LogP contribution in [0.4, 0.5) is 17.1 Å². The zero-order valence-electron chi connectivity index (χ0n) is 42.1. The summed E-state index contributed by atoms with van der Waals surface area (Å²) in [6, 6.07) is 83.4. The highest BCUT2D eigenvalue weighted by molar-refractivity contribution is 8.00. The maximum Gasteiger partial charge on any atom is 0.249 e. The fourth-order valence-corrected chi connectivity index (χ4v) is 18.9. The molecular formula is C68H54BNOSSi. The number of furan rings is 1. The van der Waals surface area contributed by atoms with Gasteiger partial charge in [-0.15, -0.1) is 0 Å². The molecule has 0 saturated carbocycles. The summed E-state index contributed by atoms with van der Waals surface area (Å²) < 4.78 is 6.58. The molecule has 0 amide bonds. The highest BCUT2D eigenvalue weighted by Crippen LogP contribution is 2.49. The van der Waals surface area contributed by atoms with E-state index in [1.54, 1.807) is 0 Å². The molecule has 2 nitrogen and oxygen atoms in total. The van der Waals surface area contributed by atoms with E-state index in [2.05, 4.69) is 265 Å². The molecule has 0 atom stereocenters. The molecule has 0 unspecified atom stereocenters. The van der Waals surface area contributed by atoms with Crippen LogP contribution < -0.4 is 42.0 Å². The first-order chi connectivity index (χ1) is 35.4. The number of anilines is 3. The Kier molecular flexibility index (Phi) is 9.81. The number of rotatable bonds is 5. The lowest BCUT2D eigenvalue weighted by Gasteiger charge is -2.42. The maximum absolute atomic E-state index is 6.58. The van der Waals surface area contributed by atoms with E-state index < -0.39 is 8.07 Å². The van der Waals surface area contributed by atoms with E-state index in [1.165, 1.54) is 103 Å². The van der Waals surface area contributed by atoms with Crippen molar-refractivity contribution in [2.24, 2.45) is 0 Å². The Bertz CT molecular complexity index is 4000. The minimum absolute atomic E-state index is 0.0250. The Morgan fingerprint density at radius 2 is 1.05 bits per heavy atom. The molecule has 0 bridgehead atoms. The number of hydrogen-bond acceptors (Lipinski definition) is 3. The third-order valence-corrected chi connectivity index (χ3v) is 22.1. The van der Waals surface area contributed by atoms with E-state index in [4.69, 9.17) is 4.42 Å². The lowest BCUT2D eigenvalue weighted by atomic mass is 9.34. The Labute approximate surface area is 434 Å². The Morgan fingerprint density at radius 3 is 1.79 bits per heavy atom. The summed E-state index contributed by atoms with van der Waals surface area (Å²) in [5.41, 5.74) is 19.5. The fourth-order valence-electron chi connectivity index (χ4n) is 12.5. The topological polar surface area (TPSA) is 16.4 Å². The molecule has 3 aliphatic heterocycles. The first kappa shape index (κ1) is 44.2. The summed E-state index contributed by atoms with van der Waals surface area (Å²) in [4.78, 5) is 5.27. The van der Waals surface area contributed by atoms with Crippen molar-refractivity contribution in [2.45, 2.75) is 62.2 Å². The van der Waals surface area contributed by atoms with Gasteiger partial charge in [0.25, 0.3) is 0 Å². The molecule has 4 heterocycles. The number of para-hydroxylation sites is 1. The molecule has 14 rings (SSSR count). The van der Waals surface area contributed by atoms with Crippen LogP contribution in [0.5, 0.6) is 0 Å². The quantitative estimate of drug-likeness (QED) is 0.160. The largest absolute Gasteiger partial charge is 0.456 e. The number of nitrogens with zero attached hydrogens (tertiary/aromatic N) is 1. The molecule has 0 N–H and O–H groups in total. The van der Waals surface area contributed by atoms with Crippen molar-refractivity contribution in [3.05, 3.63) is 230 Å². The van der Waals surface area contributed by atoms with Gasteiger partial charge in [0.2, 0.25) is 6.71 Å². The summed E-state index contributed by atoms with van der Waals surface area (Å²) in [6.07, 6.45) is 0. The van der Waals surface area contributed by atoms with Gasteiger partial charge in [0.05, 0.1) is 5.69 Å². The van der Waals surface area contributed by atoms with Crippen LogP contribution in [0.1, 0.15) is 52.7 Å². The van der Waals surface area contributed by atoms with Crippen LogP contribution in [0, 0.1) is 0 Å². The van der Waals surface area contributed by atoms with Crippen molar-refractivity contribution >= 4 is 103 Å². The predicted octanol–water partition coefficient (Wildman–Crippen LogP) is 13.6. The summed E-state index contributed by atoms with van der Waals surface area (Å²) in [6.45, 7) is 14.0. The van der Waals surface area contributed by atoms with Crippen LogP contribution in [-0.2, 0) is 10.8 Å². The number of fused-ring (bicyclic) bond motifs is 10. The Hall–Kier alpha value is -7.57. The normalized spacial score (nSPS) is 14.2. The average molecular weight is 972 g/mol. The van der Waals surface area contributed by atoms with Crippen LogP contribution in [0.15, 0.2) is 233 Å². The zero-order valence-corrected chi connectivity index (χ0v) is 43.9. The second kappa shape index (κ2) is 16.2. The van der Waals surface area contributed by atoms with E-state index in [-0.39, 0.29) is 17.5 Å². The van der Waals surface area contributed by atoms with Crippen LogP contribution in [-0.4, -0.2) is 14.8 Å². The second-order valence-corrected chi connectivity index (χ2v) is 27.2. The summed E-state index contributed by atoms with van der Waals surface area (Å²) >= 11 is 1.93. The zero-order chi connectivity index (χ0) is 49.4. The molecule has 11 aromatic rings. The number of benzene rings is 10. The Balaban J connectivity index is 1.12. The van der Waals surface area contributed by atoms with E-state index in [1.807, 2.05) is 11.8 Å². The van der Waals surface area contributed by atoms with Gasteiger partial charge >= 0.3 is 0 Å². The molecule has 0 radical (unpaired) electrons. The van der Waals surface area contributed by atoms with Crippen LogP contribution in [0.2, 0.25) is 0 Å². The molecular weight excluding hydrogens is 918 g/mol. The minimum atomic E-state index is -2.86. The van der Waals surface area contributed by atoms with Crippen molar-refractivity contribution in [3.63, 3.8) is 0 Å². The van der Waals surface area contributed by atoms with Crippen molar-refractivity contribution in [3.8, 4) is 33.4 Å². The van der Waals surface area contributed by atoms with Crippen LogP contribution in [0.25, 0.3) is 55.3 Å². The third-order valence-electron chi connectivity index (χ3n) is 16.1. The summed E-state index contributed by atoms with van der Waals surface area (Å²) in [7, 11) is -2.86. The highest BCUT2D eigenvalue weighted by Gasteiger charge is 2.51. The van der Waals surface area contributed by atoms with Gasteiger partial charge in [-0.2, -0.15) is 0 Å². The van der Waals surface area contributed by atoms with Gasteiger partial charge in [-0.1, -0.05) is 223 Å². The monoisotopic (exact) mass is 971 g/mol. The summed E-state index contributed by atoms with van der Waals surface area (Å²) in [5, 5.41) is 8.01. The van der Waals surface area contributed by atoms with Gasteiger partial charge in [-0.3, -0.25) is 0 Å². The van der Waals surface area contributed by atoms with E-state index in [0.717, 1.165) is 27.5 Å². The molecule has 5 heteroatoms. The first-order valence-corrected chi connectivity index (χ1v) is 28.6. The average Bonchev–Trinajstić information content (AvgIpc) is 3.94. The van der Waals surface area contributed by atoms with E-state index in [9.17, 15) is 0 Å². The highest BCUT2D eigenvalue weighted by atomic mass is 32.2. The third kappa shape index (κ3) is 6.71. The van der Waals surface area contributed by atoms with E-state index >= 15 is 0 Å². The molecule has 1 aromatic heterocycles. The van der Waals surface area contributed by atoms with Crippen molar-refractivity contribution < 1.29 is 4.42 Å². The fraction of sp³-hybridized carbons (Fsp3) is 0.118. The van der Waals surface area contributed by atoms with E-state index in [0.29, 0.717) is 0 Å². The minimum Gasteiger partial charge on any atom is -0.456 e. The molecule has 73 heavy (non-hydrogen) atoms. The molecule has 350 valence electrons. The first-order valence-electron chi connectivity index (χ1n) is 25.8. The van der Waals surface area contributed by atoms with Gasteiger partial charge in [0, 0.05) is 37.5 Å². The van der Waals surface area contributed by atoms with Gasteiger partial charge in [0.1, 0.15) is 11.2 Å². The van der Waals surface area contributed by atoms with Crippen LogP contribution >= 0.6 is 11.8 Å². The van der Waals surface area contributed by atoms with Crippen molar-refractivity contribution in [2.75, 3.05) is 4.90 Å². The molecule has 0 fully saturated rings. The van der Waals surface area contributed by atoms with Crippen molar-refractivity contribution in [1.82, 2.24) is 0 Å². The van der Waals surface area contributed by atoms with Gasteiger partial charge in [-0.05, 0) is 136 Å². The smallest absolute Gasteiger partial charge is 0.249 e. The SMILES string of the molecule is CC(C)(C)c1ccc2c(c1)B1c3cc4c(cc3N(c3ccc(C(C)(C)C)cc3-c3ccccc3)c3cc(-c5ccc6c(c5)oc5ccccc56)cc(c31)S2)-c1ccccc1[Si]4(c1ccccc1)c1ccccc1. The lowest BCUT2D eigenvalue weighted by Crippen LogP contribution is -2.73. The van der Waals surface area contributed by atoms with Gasteiger partial charge in [-0.25, -0.2) is 0 Å². The Morgan fingerprint density at radius 1 is 0.411 bits per heavy atom. The molecule has 0 aliphatic carbocycles. The maximum atomic E-state index is 6.58. The lowest BCUT2D eigenvalue weighted by molar-refractivity contribution is 0.590. The molecule has 10 aromatic carbocycles. The predicted molar refractivity (Wildman–Crippen MR) is 315 cm³/mol. The van der Waals surface area contributed by atoms with Gasteiger partial charge in [0.15, 0.2) is 8.07 Å². The standard InChI is InChI=1S/C68H54BNOSSi/c1-67(2,3)46-31-34-57(53(39-46)43-20-10-7-11-21-43)70-58-41-54-52-27-17-19-29-64(52)73(48-22-12-8-13-23-48,49-24-14-9-15-25-49)65(54)42-55(58)69-56-40-47(68(4,5)6)32-35-62(56)72-63-38-45(36-59(70)66(63)69)44-30-33-51-50-26-16-18-28-60(50)71-61(51)37-44/h7-42H,1-6H3. The molecule has 0 spiro atoms. The summed E-state index contributed by atoms with van der Waals surface area (Å²) in [5.74, 6) is 0.